The molecule has 1 fully saturated rings. The highest BCUT2D eigenvalue weighted by Gasteiger charge is 2.33. The van der Waals surface area contributed by atoms with Gasteiger partial charge in [0.15, 0.2) is 6.23 Å². The van der Waals surface area contributed by atoms with Gasteiger partial charge in [0.1, 0.15) is 6.10 Å². The van der Waals surface area contributed by atoms with Crippen LogP contribution in [-0.4, -0.2) is 40.5 Å². The average Bonchev–Trinajstić information content (AvgIpc) is 2.61. The Hall–Kier alpha value is -2.21. The van der Waals surface area contributed by atoms with Crippen molar-refractivity contribution in [3.8, 4) is 0 Å². The fraction of sp³-hybridized carbons (Fsp3) is 0.316. The van der Waals surface area contributed by atoms with Gasteiger partial charge in [0, 0.05) is 17.5 Å². The monoisotopic (exact) mass is 326 g/mol. The Kier molecular flexibility index (Phi) is 5.25. The highest BCUT2D eigenvalue weighted by Crippen LogP contribution is 2.19. The summed E-state index contributed by atoms with van der Waals surface area (Å²) in [6.45, 7) is 1.78. The number of ether oxygens (including phenoxy) is 1. The van der Waals surface area contributed by atoms with Crippen molar-refractivity contribution in [1.82, 2.24) is 5.43 Å². The second-order valence-corrected chi connectivity index (χ2v) is 5.95. The van der Waals surface area contributed by atoms with E-state index in [2.05, 4.69) is 10.5 Å². The minimum atomic E-state index is -0.812. The molecule has 1 heterocycles. The van der Waals surface area contributed by atoms with Crippen molar-refractivity contribution in [2.24, 2.45) is 5.10 Å². The van der Waals surface area contributed by atoms with Crippen LogP contribution in [-0.2, 0) is 4.74 Å². The van der Waals surface area contributed by atoms with Gasteiger partial charge in [0.2, 0.25) is 0 Å². The van der Waals surface area contributed by atoms with Gasteiger partial charge in [-0.1, -0.05) is 60.7 Å². The highest BCUT2D eigenvalue weighted by atomic mass is 16.5. The number of nitrogens with zero attached hydrogens (tertiary/aromatic N) is 1. The first-order valence-corrected chi connectivity index (χ1v) is 8.11. The Morgan fingerprint density at radius 2 is 1.50 bits per heavy atom. The van der Waals surface area contributed by atoms with E-state index in [1.807, 2.05) is 60.7 Å². The van der Waals surface area contributed by atoms with E-state index in [9.17, 15) is 10.2 Å². The number of aliphatic hydroxyl groups is 2. The first-order valence-electron chi connectivity index (χ1n) is 8.11. The fourth-order valence-corrected chi connectivity index (χ4v) is 2.71. The van der Waals surface area contributed by atoms with Gasteiger partial charge >= 0.3 is 0 Å². The van der Waals surface area contributed by atoms with Crippen LogP contribution in [0.4, 0.5) is 0 Å². The number of hydrogen-bond acceptors (Lipinski definition) is 5. The molecule has 5 nitrogen and oxygen atoms in total. The van der Waals surface area contributed by atoms with Crippen molar-refractivity contribution in [2.45, 2.75) is 37.9 Å². The van der Waals surface area contributed by atoms with E-state index in [0.717, 1.165) is 16.8 Å². The molecule has 1 aliphatic rings. The SMILES string of the molecule is C[C@H]1OC(NN=C(c2ccccc2)c2ccccc2)[C@H](O)C[C@@H]1O. The minimum Gasteiger partial charge on any atom is -0.390 e. The van der Waals surface area contributed by atoms with Crippen LogP contribution in [0.25, 0.3) is 0 Å². The van der Waals surface area contributed by atoms with Gasteiger partial charge in [0.25, 0.3) is 0 Å². The quantitative estimate of drug-likeness (QED) is 0.592. The summed E-state index contributed by atoms with van der Waals surface area (Å²) < 4.78 is 5.61. The molecule has 24 heavy (non-hydrogen) atoms. The summed E-state index contributed by atoms with van der Waals surface area (Å²) in [5, 5.41) is 24.3. The zero-order valence-corrected chi connectivity index (χ0v) is 13.5. The lowest BCUT2D eigenvalue weighted by molar-refractivity contribution is -0.172. The summed E-state index contributed by atoms with van der Waals surface area (Å²) in [6, 6.07) is 19.7. The predicted molar refractivity (Wildman–Crippen MR) is 92.6 cm³/mol. The Morgan fingerprint density at radius 1 is 0.958 bits per heavy atom. The lowest BCUT2D eigenvalue weighted by atomic mass is 10.0. The fourth-order valence-electron chi connectivity index (χ4n) is 2.71. The molecule has 2 aromatic carbocycles. The van der Waals surface area contributed by atoms with Crippen molar-refractivity contribution in [1.29, 1.82) is 0 Å². The molecule has 4 atom stereocenters. The normalized spacial score (nSPS) is 26.6. The molecule has 0 bridgehead atoms. The summed E-state index contributed by atoms with van der Waals surface area (Å²) in [5.74, 6) is 0. The molecular weight excluding hydrogens is 304 g/mol. The molecular formula is C19H22N2O3. The number of benzene rings is 2. The largest absolute Gasteiger partial charge is 0.390 e. The van der Waals surface area contributed by atoms with E-state index in [4.69, 9.17) is 4.74 Å². The third-order valence-corrected chi connectivity index (χ3v) is 4.13. The number of aliphatic hydroxyl groups excluding tert-OH is 2. The third kappa shape index (κ3) is 3.82. The molecule has 1 aliphatic heterocycles. The van der Waals surface area contributed by atoms with Gasteiger partial charge in [-0.05, 0) is 6.92 Å². The van der Waals surface area contributed by atoms with Crippen LogP contribution < -0.4 is 5.43 Å². The van der Waals surface area contributed by atoms with Crippen LogP contribution in [0.1, 0.15) is 24.5 Å². The number of hydrazone groups is 1. The molecule has 2 aromatic rings. The second kappa shape index (κ2) is 7.57. The lowest BCUT2D eigenvalue weighted by Crippen LogP contribution is -2.51. The summed E-state index contributed by atoms with van der Waals surface area (Å²) in [4.78, 5) is 0. The maximum absolute atomic E-state index is 10.1. The van der Waals surface area contributed by atoms with Crippen LogP contribution in [0.2, 0.25) is 0 Å². The zero-order chi connectivity index (χ0) is 16.9. The van der Waals surface area contributed by atoms with E-state index >= 15 is 0 Å². The molecule has 126 valence electrons. The maximum Gasteiger partial charge on any atom is 0.169 e. The van der Waals surface area contributed by atoms with Crippen LogP contribution in [0.5, 0.6) is 0 Å². The Bertz CT molecular complexity index is 634. The molecule has 0 saturated carbocycles. The van der Waals surface area contributed by atoms with Crippen LogP contribution >= 0.6 is 0 Å². The summed E-state index contributed by atoms with van der Waals surface area (Å²) in [5.41, 5.74) is 5.63. The van der Waals surface area contributed by atoms with Crippen LogP contribution in [0.3, 0.4) is 0 Å². The topological polar surface area (TPSA) is 74.1 Å². The van der Waals surface area contributed by atoms with E-state index in [1.54, 1.807) is 6.92 Å². The van der Waals surface area contributed by atoms with Gasteiger partial charge in [-0.15, -0.1) is 0 Å². The molecule has 0 spiro atoms. The zero-order valence-electron chi connectivity index (χ0n) is 13.5. The van der Waals surface area contributed by atoms with E-state index in [-0.39, 0.29) is 12.5 Å². The first kappa shape index (κ1) is 16.6. The second-order valence-electron chi connectivity index (χ2n) is 5.95. The van der Waals surface area contributed by atoms with E-state index < -0.39 is 18.4 Å². The van der Waals surface area contributed by atoms with Gasteiger partial charge in [-0.3, -0.25) is 5.43 Å². The first-order chi connectivity index (χ1) is 11.6. The molecule has 0 amide bonds. The molecule has 0 aliphatic carbocycles. The highest BCUT2D eigenvalue weighted by molar-refractivity contribution is 6.12. The van der Waals surface area contributed by atoms with Gasteiger partial charge in [0.05, 0.1) is 17.9 Å². The summed E-state index contributed by atoms with van der Waals surface area (Å²) in [6.07, 6.45) is -2.21. The Labute approximate surface area is 141 Å². The smallest absolute Gasteiger partial charge is 0.169 e. The number of nitrogens with one attached hydrogen (secondary N) is 1. The molecule has 3 rings (SSSR count). The van der Waals surface area contributed by atoms with Crippen molar-refractivity contribution >= 4 is 5.71 Å². The Morgan fingerprint density at radius 3 is 2.04 bits per heavy atom. The van der Waals surface area contributed by atoms with Gasteiger partial charge in [-0.25, -0.2) is 0 Å². The molecule has 0 radical (unpaired) electrons. The summed E-state index contributed by atoms with van der Waals surface area (Å²) in [7, 11) is 0. The molecule has 1 saturated heterocycles. The predicted octanol–water partition coefficient (Wildman–Crippen LogP) is 1.89. The molecule has 3 N–H and O–H groups in total. The van der Waals surface area contributed by atoms with Crippen LogP contribution in [0.15, 0.2) is 65.8 Å². The van der Waals surface area contributed by atoms with Crippen molar-refractivity contribution in [2.75, 3.05) is 0 Å². The van der Waals surface area contributed by atoms with E-state index in [1.165, 1.54) is 0 Å². The van der Waals surface area contributed by atoms with Crippen LogP contribution in [0, 0.1) is 0 Å². The molecule has 1 unspecified atom stereocenters. The molecule has 5 heteroatoms. The van der Waals surface area contributed by atoms with Crippen molar-refractivity contribution < 1.29 is 14.9 Å². The van der Waals surface area contributed by atoms with Gasteiger partial charge in [-0.2, -0.15) is 5.10 Å². The van der Waals surface area contributed by atoms with Gasteiger partial charge < -0.3 is 14.9 Å². The third-order valence-electron chi connectivity index (χ3n) is 4.13. The average molecular weight is 326 g/mol. The van der Waals surface area contributed by atoms with Crippen molar-refractivity contribution in [3.63, 3.8) is 0 Å². The standard InChI is InChI=1S/C19H22N2O3/c1-13-16(22)12-17(23)19(24-13)21-20-18(14-8-4-2-5-9-14)15-10-6-3-7-11-15/h2-11,13,16-17,19,21-23H,12H2,1H3/t13-,16+,17-,19?/m1/s1. The lowest BCUT2D eigenvalue weighted by Gasteiger charge is -2.35. The number of rotatable bonds is 4. The summed E-state index contributed by atoms with van der Waals surface area (Å²) >= 11 is 0. The maximum atomic E-state index is 10.1. The Balaban J connectivity index is 1.85. The number of hydrogen-bond donors (Lipinski definition) is 3. The van der Waals surface area contributed by atoms with E-state index in [0.29, 0.717) is 0 Å². The molecule has 0 aromatic heterocycles. The van der Waals surface area contributed by atoms with Crippen molar-refractivity contribution in [3.05, 3.63) is 71.8 Å². The minimum absolute atomic E-state index is 0.264.